The fourth-order valence-electron chi connectivity index (χ4n) is 7.77. The van der Waals surface area contributed by atoms with Crippen LogP contribution in [-0.2, 0) is 14.3 Å². The number of methoxy groups -OCH3 is 1. The average molecular weight is 483 g/mol. The molecule has 0 aromatic rings. The molecule has 4 heteroatoms. The molecule has 5 atom stereocenters. The van der Waals surface area contributed by atoms with Gasteiger partial charge in [-0.1, -0.05) is 68.2 Å². The molecule has 3 aliphatic rings. The second-order valence-corrected chi connectivity index (χ2v) is 11.9. The third kappa shape index (κ3) is 5.08. The van der Waals surface area contributed by atoms with Crippen LogP contribution in [0.15, 0.2) is 46.1 Å². The van der Waals surface area contributed by atoms with Gasteiger partial charge in [-0.05, 0) is 88.4 Å². The highest BCUT2D eigenvalue weighted by Crippen LogP contribution is 2.65. The van der Waals surface area contributed by atoms with Crippen LogP contribution in [0.4, 0.5) is 0 Å². The number of fused-ring (bicyclic) bond motifs is 2. The number of esters is 1. The van der Waals surface area contributed by atoms with Crippen molar-refractivity contribution in [3.63, 3.8) is 0 Å². The van der Waals surface area contributed by atoms with Gasteiger partial charge in [-0.15, -0.1) is 0 Å². The van der Waals surface area contributed by atoms with Crippen molar-refractivity contribution in [3.8, 4) is 0 Å². The number of ether oxygens (including phenoxy) is 1. The van der Waals surface area contributed by atoms with Crippen LogP contribution in [0.25, 0.3) is 0 Å². The van der Waals surface area contributed by atoms with Crippen molar-refractivity contribution < 1.29 is 19.4 Å². The van der Waals surface area contributed by atoms with E-state index in [9.17, 15) is 9.59 Å². The summed E-state index contributed by atoms with van der Waals surface area (Å²) in [5.74, 6) is 0.396. The van der Waals surface area contributed by atoms with E-state index in [1.54, 1.807) is 29.2 Å². The number of aliphatic carboxylic acids is 1. The predicted molar refractivity (Wildman–Crippen MR) is 142 cm³/mol. The van der Waals surface area contributed by atoms with Crippen LogP contribution < -0.4 is 0 Å². The molecule has 194 valence electrons. The van der Waals surface area contributed by atoms with Crippen molar-refractivity contribution in [2.24, 2.45) is 28.6 Å². The van der Waals surface area contributed by atoms with Crippen LogP contribution in [0, 0.1) is 28.6 Å². The minimum atomic E-state index is -0.825. The van der Waals surface area contributed by atoms with Gasteiger partial charge in [-0.2, -0.15) is 0 Å². The molecule has 1 N–H and O–H groups in total. The van der Waals surface area contributed by atoms with E-state index in [2.05, 4.69) is 41.2 Å². The maximum Gasteiger partial charge on any atom is 0.330 e. The molecule has 0 spiro atoms. The molecule has 0 fully saturated rings. The number of hydrogen-bond donors (Lipinski definition) is 1. The average Bonchev–Trinajstić information content (AvgIpc) is 3.17. The molecule has 0 saturated heterocycles. The summed E-state index contributed by atoms with van der Waals surface area (Å²) in [6.07, 6.45) is 10.5. The molecule has 0 aromatic heterocycles. The molecule has 0 radical (unpaired) electrons. The van der Waals surface area contributed by atoms with Crippen molar-refractivity contribution in [2.45, 2.75) is 99.3 Å². The molecule has 0 bridgehead atoms. The van der Waals surface area contributed by atoms with Crippen LogP contribution in [0.3, 0.4) is 0 Å². The third-order valence-electron chi connectivity index (χ3n) is 9.66. The Kier molecular flexibility index (Phi) is 8.23. The van der Waals surface area contributed by atoms with E-state index in [0.717, 1.165) is 44.9 Å². The van der Waals surface area contributed by atoms with E-state index in [1.165, 1.54) is 19.1 Å². The Morgan fingerprint density at radius 2 is 1.91 bits per heavy atom. The second-order valence-electron chi connectivity index (χ2n) is 11.9. The first-order valence-corrected chi connectivity index (χ1v) is 13.5. The van der Waals surface area contributed by atoms with Crippen molar-refractivity contribution in [1.82, 2.24) is 0 Å². The largest absolute Gasteiger partial charge is 0.478 e. The number of rotatable bonds is 9. The molecule has 3 rings (SSSR count). The monoisotopic (exact) mass is 482 g/mol. The lowest BCUT2D eigenvalue weighted by atomic mass is 9.51. The van der Waals surface area contributed by atoms with Crippen molar-refractivity contribution in [3.05, 3.63) is 46.1 Å². The van der Waals surface area contributed by atoms with Crippen molar-refractivity contribution in [1.29, 1.82) is 0 Å². The molecule has 0 amide bonds. The molecule has 0 aromatic carbocycles. The van der Waals surface area contributed by atoms with Gasteiger partial charge in [0.25, 0.3) is 0 Å². The summed E-state index contributed by atoms with van der Waals surface area (Å²) in [4.78, 5) is 23.3. The van der Waals surface area contributed by atoms with Gasteiger partial charge < -0.3 is 9.84 Å². The lowest BCUT2D eigenvalue weighted by Gasteiger charge is -2.53. The van der Waals surface area contributed by atoms with Gasteiger partial charge >= 0.3 is 11.9 Å². The maximum absolute atomic E-state index is 12.1. The van der Waals surface area contributed by atoms with E-state index >= 15 is 0 Å². The first kappa shape index (κ1) is 27.5. The quantitative estimate of drug-likeness (QED) is 0.207. The Balaban J connectivity index is 1.97. The molecular weight excluding hydrogens is 436 g/mol. The Morgan fingerprint density at radius 3 is 2.51 bits per heavy atom. The van der Waals surface area contributed by atoms with Gasteiger partial charge in [0.1, 0.15) is 0 Å². The van der Waals surface area contributed by atoms with Gasteiger partial charge in [0, 0.05) is 17.4 Å². The molecule has 0 aliphatic heterocycles. The van der Waals surface area contributed by atoms with Gasteiger partial charge in [-0.25, -0.2) is 4.79 Å². The van der Waals surface area contributed by atoms with E-state index in [-0.39, 0.29) is 16.8 Å². The summed E-state index contributed by atoms with van der Waals surface area (Å²) in [6, 6.07) is 0. The van der Waals surface area contributed by atoms with Gasteiger partial charge in [0.15, 0.2) is 0 Å². The molecule has 3 aliphatic carbocycles. The summed E-state index contributed by atoms with van der Waals surface area (Å²) in [6.45, 7) is 17.8. The zero-order valence-electron chi connectivity index (χ0n) is 23.1. The Morgan fingerprint density at radius 1 is 1.23 bits per heavy atom. The Labute approximate surface area is 212 Å². The topological polar surface area (TPSA) is 63.6 Å². The third-order valence-corrected chi connectivity index (χ3v) is 9.66. The predicted octanol–water partition coefficient (Wildman–Crippen LogP) is 7.81. The summed E-state index contributed by atoms with van der Waals surface area (Å²) in [7, 11) is 1.48. The van der Waals surface area contributed by atoms with Crippen molar-refractivity contribution >= 4 is 11.9 Å². The fraction of sp³-hybridized carbons (Fsp3) is 0.677. The Bertz CT molecular complexity index is 980. The van der Waals surface area contributed by atoms with Crippen LogP contribution in [0.5, 0.6) is 0 Å². The minimum Gasteiger partial charge on any atom is -0.478 e. The molecule has 4 nitrogen and oxygen atoms in total. The molecule has 35 heavy (non-hydrogen) atoms. The van der Waals surface area contributed by atoms with E-state index in [4.69, 9.17) is 9.84 Å². The van der Waals surface area contributed by atoms with Gasteiger partial charge in [0.05, 0.1) is 7.11 Å². The number of carboxylic acids is 1. The van der Waals surface area contributed by atoms with E-state index < -0.39 is 5.97 Å². The van der Waals surface area contributed by atoms with Crippen LogP contribution in [-0.4, -0.2) is 24.2 Å². The molecule has 0 saturated carbocycles. The van der Waals surface area contributed by atoms with Crippen LogP contribution in [0.1, 0.15) is 99.3 Å². The van der Waals surface area contributed by atoms with Gasteiger partial charge in [0.2, 0.25) is 0 Å². The van der Waals surface area contributed by atoms with Crippen molar-refractivity contribution in [2.75, 3.05) is 7.11 Å². The number of carboxylic acid groups (broad SMARTS) is 1. The maximum atomic E-state index is 12.1. The SMILES string of the molecule is C=C(C)C1CCC2=C(CC(C)C3=C(C(C)CCC=C(C)C(=O)O)CCC23C)C1(C)CCC(=O)OC. The Hall–Kier alpha value is -2.10. The molecule has 5 unspecified atom stereocenters. The lowest BCUT2D eigenvalue weighted by Crippen LogP contribution is -2.42. The zero-order chi connectivity index (χ0) is 26.1. The first-order valence-electron chi connectivity index (χ1n) is 13.5. The zero-order valence-corrected chi connectivity index (χ0v) is 23.1. The summed E-state index contributed by atoms with van der Waals surface area (Å²) in [5.41, 5.74) is 8.23. The second kappa shape index (κ2) is 10.5. The van der Waals surface area contributed by atoms with Crippen LogP contribution >= 0.6 is 0 Å². The highest BCUT2D eigenvalue weighted by Gasteiger charge is 2.52. The number of carbonyl (C=O) groups excluding carboxylic acids is 1. The normalized spacial score (nSPS) is 31.7. The first-order chi connectivity index (χ1) is 16.4. The number of carbonyl (C=O) groups is 2. The summed E-state index contributed by atoms with van der Waals surface area (Å²) < 4.78 is 5.01. The summed E-state index contributed by atoms with van der Waals surface area (Å²) >= 11 is 0. The standard InChI is InChI=1S/C31H46O4/c1-19(2)24-12-13-25-26(30(24,6)17-15-27(32)35-8)18-22(5)28-23(14-16-31(25,28)7)20(3)10-9-11-21(4)29(33)34/h11,20,22,24H,1,9-10,12-18H2,2-8H3,(H,33,34). The number of hydrogen-bond acceptors (Lipinski definition) is 3. The summed E-state index contributed by atoms with van der Waals surface area (Å²) in [5, 5.41) is 9.16. The highest BCUT2D eigenvalue weighted by atomic mass is 16.5. The molecule has 0 heterocycles. The minimum absolute atomic E-state index is 0.0517. The highest BCUT2D eigenvalue weighted by molar-refractivity contribution is 5.85. The van der Waals surface area contributed by atoms with E-state index in [0.29, 0.717) is 29.7 Å². The molecular formula is C31H46O4. The number of allylic oxidation sites excluding steroid dienone is 6. The lowest BCUT2D eigenvalue weighted by molar-refractivity contribution is -0.141. The van der Waals surface area contributed by atoms with E-state index in [1.807, 2.05) is 6.08 Å². The van der Waals surface area contributed by atoms with Gasteiger partial charge in [-0.3, -0.25) is 4.79 Å². The smallest absolute Gasteiger partial charge is 0.330 e. The van der Waals surface area contributed by atoms with Crippen LogP contribution in [0.2, 0.25) is 0 Å². The fourth-order valence-corrected chi connectivity index (χ4v) is 7.77.